The average Bonchev–Trinajstić information content (AvgIpc) is 3.61. The summed E-state index contributed by atoms with van der Waals surface area (Å²) in [5.41, 5.74) is -1.42. The van der Waals surface area contributed by atoms with Gasteiger partial charge in [-0.25, -0.2) is 8.99 Å². The maximum atomic E-state index is 14.1. The molecule has 0 saturated heterocycles. The lowest BCUT2D eigenvalue weighted by Crippen LogP contribution is -2.34. The summed E-state index contributed by atoms with van der Waals surface area (Å²) in [5.74, 6) is -1.09. The molecule has 2 unspecified atom stereocenters. The molecule has 2 N–H and O–H groups in total. The Bertz CT molecular complexity index is 1250. The van der Waals surface area contributed by atoms with Crippen LogP contribution in [0.5, 0.6) is 0 Å². The molecule has 2 atom stereocenters. The van der Waals surface area contributed by atoms with Gasteiger partial charge in [0.25, 0.3) is 10.9 Å². The van der Waals surface area contributed by atoms with E-state index in [1.807, 2.05) is 0 Å². The largest absolute Gasteiger partial charge is 0.618 e. The number of carbonyl (C=O) groups excluding carboxylic acids is 1. The predicted molar refractivity (Wildman–Crippen MR) is 112 cm³/mol. The summed E-state index contributed by atoms with van der Waals surface area (Å²) in [5, 5.41) is 18.2. The fraction of sp³-hybridized carbons (Fsp3) is 0.571. The number of alkyl halides is 3. The molecule has 33 heavy (non-hydrogen) atoms. The molecule has 3 aliphatic carbocycles. The highest BCUT2D eigenvalue weighted by molar-refractivity contribution is 7.91. The predicted octanol–water partition coefficient (Wildman–Crippen LogP) is 3.89. The van der Waals surface area contributed by atoms with Gasteiger partial charge in [0.1, 0.15) is 21.0 Å². The first-order valence-electron chi connectivity index (χ1n) is 10.9. The quantitative estimate of drug-likeness (QED) is 0.479. The van der Waals surface area contributed by atoms with Crippen molar-refractivity contribution >= 4 is 21.3 Å². The molecule has 0 bridgehead atoms. The van der Waals surface area contributed by atoms with E-state index in [-0.39, 0.29) is 39.9 Å². The van der Waals surface area contributed by atoms with E-state index in [0.717, 1.165) is 44.2 Å². The van der Waals surface area contributed by atoms with Gasteiger partial charge in [-0.1, -0.05) is 0 Å². The van der Waals surface area contributed by atoms with E-state index in [4.69, 9.17) is 4.78 Å². The highest BCUT2D eigenvalue weighted by Crippen LogP contribution is 2.65. The van der Waals surface area contributed by atoms with Crippen molar-refractivity contribution in [3.63, 3.8) is 0 Å². The molecule has 1 amide bonds. The van der Waals surface area contributed by atoms with Crippen LogP contribution in [0.25, 0.3) is 0 Å². The van der Waals surface area contributed by atoms with Crippen molar-refractivity contribution in [3.8, 4) is 0 Å². The summed E-state index contributed by atoms with van der Waals surface area (Å²) in [6.45, 7) is 0.259. The zero-order chi connectivity index (χ0) is 23.8. The van der Waals surface area contributed by atoms with Crippen LogP contribution in [0, 0.1) is 21.3 Å². The Hall–Kier alpha value is -2.63. The van der Waals surface area contributed by atoms with E-state index in [9.17, 15) is 27.4 Å². The molecule has 0 radical (unpaired) electrons. The number of hydrogen-bond acceptors (Lipinski definition) is 5. The minimum Gasteiger partial charge on any atom is -0.618 e. The molecule has 0 aliphatic heterocycles. The third-order valence-electron chi connectivity index (χ3n) is 7.13. The molecule has 2 aromatic rings. The van der Waals surface area contributed by atoms with Gasteiger partial charge in [0.15, 0.2) is 6.20 Å². The Morgan fingerprint density at radius 3 is 2.58 bits per heavy atom. The summed E-state index contributed by atoms with van der Waals surface area (Å²) < 4.78 is 63.6. The van der Waals surface area contributed by atoms with Crippen LogP contribution in [0.1, 0.15) is 66.2 Å². The van der Waals surface area contributed by atoms with Crippen molar-refractivity contribution in [3.05, 3.63) is 40.5 Å². The SMILES string of the molecule is CS(=N)(=O)c1cc(NC(=O)c2c(C(F)(F)F)c(C3CC3)nn2CC2CCC23CC3)cc[n+]1[O-]. The third kappa shape index (κ3) is 3.98. The van der Waals surface area contributed by atoms with Crippen LogP contribution in [-0.2, 0) is 22.5 Å². The van der Waals surface area contributed by atoms with Gasteiger partial charge >= 0.3 is 6.18 Å². The third-order valence-corrected chi connectivity index (χ3v) is 8.22. The molecule has 3 aliphatic rings. The second kappa shape index (κ2) is 7.18. The van der Waals surface area contributed by atoms with E-state index in [2.05, 4.69) is 10.4 Å². The van der Waals surface area contributed by atoms with Crippen LogP contribution in [0.2, 0.25) is 0 Å². The average molecular weight is 484 g/mol. The summed E-state index contributed by atoms with van der Waals surface area (Å²) >= 11 is 0. The standard InChI is InChI=1S/C21H24F3N5O3S/c1-33(25,32)15-10-14(5-9-29(15)31)26-19(30)18-16(21(22,23)24)17(12-2-3-12)27-28(18)11-13-4-6-20(13)7-8-20/h5,9-10,12-13,25H,2-4,6-8,11H2,1H3,(H,26,30). The highest BCUT2D eigenvalue weighted by Gasteiger charge is 2.56. The van der Waals surface area contributed by atoms with Gasteiger partial charge in [0.2, 0.25) is 0 Å². The summed E-state index contributed by atoms with van der Waals surface area (Å²) in [6.07, 6.45) is 2.57. The molecule has 3 saturated carbocycles. The van der Waals surface area contributed by atoms with Crippen LogP contribution in [0.4, 0.5) is 18.9 Å². The van der Waals surface area contributed by atoms with Gasteiger partial charge in [-0.15, -0.1) is 0 Å². The lowest BCUT2D eigenvalue weighted by molar-refractivity contribution is -0.646. The molecule has 2 aromatic heterocycles. The van der Waals surface area contributed by atoms with Crippen LogP contribution >= 0.6 is 0 Å². The molecule has 0 aromatic carbocycles. The lowest BCUT2D eigenvalue weighted by atomic mass is 9.70. The van der Waals surface area contributed by atoms with Gasteiger partial charge in [-0.3, -0.25) is 9.48 Å². The van der Waals surface area contributed by atoms with Crippen LogP contribution in [0.15, 0.2) is 23.4 Å². The Balaban J connectivity index is 1.54. The molecular formula is C21H24F3N5O3S. The second-order valence-electron chi connectivity index (χ2n) is 9.54. The van der Waals surface area contributed by atoms with Gasteiger partial charge in [0.05, 0.1) is 11.4 Å². The van der Waals surface area contributed by atoms with Gasteiger partial charge < -0.3 is 10.5 Å². The highest BCUT2D eigenvalue weighted by atomic mass is 32.2. The fourth-order valence-electron chi connectivity index (χ4n) is 4.85. The minimum absolute atomic E-state index is 0.0138. The Morgan fingerprint density at radius 2 is 2.06 bits per heavy atom. The van der Waals surface area contributed by atoms with Crippen molar-refractivity contribution in [2.45, 2.75) is 62.2 Å². The fourth-order valence-corrected chi connectivity index (χ4v) is 5.61. The van der Waals surface area contributed by atoms with Crippen LogP contribution < -0.4 is 10.0 Å². The Kier molecular flexibility index (Phi) is 4.83. The summed E-state index contributed by atoms with van der Waals surface area (Å²) in [4.78, 5) is 13.2. The normalized spacial score (nSPS) is 23.1. The van der Waals surface area contributed by atoms with Gasteiger partial charge in [-0.2, -0.15) is 23.0 Å². The molecule has 2 heterocycles. The number of amides is 1. The number of anilines is 1. The number of pyridine rings is 1. The van der Waals surface area contributed by atoms with Crippen LogP contribution in [0.3, 0.4) is 0 Å². The van der Waals surface area contributed by atoms with E-state index >= 15 is 0 Å². The van der Waals surface area contributed by atoms with Crippen molar-refractivity contribution in [1.82, 2.24) is 9.78 Å². The van der Waals surface area contributed by atoms with E-state index < -0.39 is 38.1 Å². The van der Waals surface area contributed by atoms with Crippen molar-refractivity contribution in [2.75, 3.05) is 11.6 Å². The van der Waals surface area contributed by atoms with Crippen molar-refractivity contribution < 1.29 is 26.9 Å². The number of nitrogens with zero attached hydrogens (tertiary/aromatic N) is 3. The van der Waals surface area contributed by atoms with Crippen molar-refractivity contribution in [2.24, 2.45) is 11.3 Å². The topological polar surface area (TPSA) is 115 Å². The number of hydrogen-bond donors (Lipinski definition) is 2. The maximum Gasteiger partial charge on any atom is 0.420 e. The van der Waals surface area contributed by atoms with E-state index in [1.165, 1.54) is 10.7 Å². The number of aromatic nitrogens is 3. The number of nitrogens with one attached hydrogen (secondary N) is 2. The lowest BCUT2D eigenvalue weighted by Gasteiger charge is -2.37. The van der Waals surface area contributed by atoms with E-state index in [0.29, 0.717) is 12.8 Å². The first-order valence-corrected chi connectivity index (χ1v) is 12.8. The van der Waals surface area contributed by atoms with Crippen molar-refractivity contribution in [1.29, 1.82) is 4.78 Å². The second-order valence-corrected chi connectivity index (χ2v) is 11.6. The first kappa shape index (κ1) is 22.2. The zero-order valence-electron chi connectivity index (χ0n) is 17.9. The van der Waals surface area contributed by atoms with Gasteiger partial charge in [-0.05, 0) is 49.9 Å². The monoisotopic (exact) mass is 483 g/mol. The Morgan fingerprint density at radius 1 is 1.36 bits per heavy atom. The zero-order valence-corrected chi connectivity index (χ0v) is 18.8. The molecular weight excluding hydrogens is 459 g/mol. The molecule has 12 heteroatoms. The number of carbonyl (C=O) groups is 1. The minimum atomic E-state index is -4.75. The Labute approximate surface area is 188 Å². The summed E-state index contributed by atoms with van der Waals surface area (Å²) in [6, 6.07) is 2.25. The number of rotatable bonds is 6. The summed E-state index contributed by atoms with van der Waals surface area (Å²) in [7, 11) is -3.41. The molecule has 178 valence electrons. The van der Waals surface area contributed by atoms with Crippen LogP contribution in [-0.4, -0.2) is 26.2 Å². The molecule has 8 nitrogen and oxygen atoms in total. The molecule has 5 rings (SSSR count). The van der Waals surface area contributed by atoms with E-state index in [1.54, 1.807) is 0 Å². The van der Waals surface area contributed by atoms with Gasteiger partial charge in [0, 0.05) is 30.9 Å². The number of halogens is 3. The maximum absolute atomic E-state index is 14.1. The first-order chi connectivity index (χ1) is 15.4. The smallest absolute Gasteiger partial charge is 0.420 e. The molecule has 3 fully saturated rings. The molecule has 1 spiro atoms.